The van der Waals surface area contributed by atoms with Gasteiger partial charge in [-0.1, -0.05) is 6.08 Å². The summed E-state index contributed by atoms with van der Waals surface area (Å²) in [5, 5.41) is 8.09. The number of aromatic nitrogens is 6. The van der Waals surface area contributed by atoms with Gasteiger partial charge in [-0.05, 0) is 52.6 Å². The van der Waals surface area contributed by atoms with Crippen molar-refractivity contribution in [1.29, 1.82) is 0 Å². The van der Waals surface area contributed by atoms with Gasteiger partial charge < -0.3 is 19.9 Å². The van der Waals surface area contributed by atoms with E-state index < -0.39 is 0 Å². The molecule has 0 aliphatic carbocycles. The van der Waals surface area contributed by atoms with E-state index in [1.165, 1.54) is 21.6 Å². The van der Waals surface area contributed by atoms with Gasteiger partial charge in [-0.15, -0.1) is 11.7 Å². The minimum atomic E-state index is -0.279. The van der Waals surface area contributed by atoms with Crippen molar-refractivity contribution in [3.8, 4) is 11.6 Å². The van der Waals surface area contributed by atoms with E-state index in [1.54, 1.807) is 23.9 Å². The molecule has 4 heterocycles. The maximum atomic E-state index is 13.3. The molecular formula is C28H35N9O3. The minimum absolute atomic E-state index is 0.159. The molecule has 1 aliphatic heterocycles. The third kappa shape index (κ3) is 4.97. The monoisotopic (exact) mass is 545 g/mol. The number of anilines is 3. The number of likely N-dealkylation sites (N-methyl/N-ethyl adjacent to an activating group) is 1. The van der Waals surface area contributed by atoms with Crippen molar-refractivity contribution in [3.63, 3.8) is 0 Å². The summed E-state index contributed by atoms with van der Waals surface area (Å²) in [7, 11) is 5.88. The SMILES string of the molecule is C=CCn1c(=O)c2cnc(Nc3ccc(N4CCC(N(C)C)C4)c(OC)c3)nc2n1-c1ccc(=O)n(C(C)C)n1. The molecule has 3 aromatic heterocycles. The molecule has 210 valence electrons. The van der Waals surface area contributed by atoms with E-state index in [2.05, 4.69) is 45.9 Å². The molecule has 12 heteroatoms. The maximum absolute atomic E-state index is 13.3. The van der Waals surface area contributed by atoms with Gasteiger partial charge in [0.2, 0.25) is 5.95 Å². The molecule has 0 spiro atoms. The zero-order valence-corrected chi connectivity index (χ0v) is 23.5. The van der Waals surface area contributed by atoms with Crippen LogP contribution in [0.3, 0.4) is 0 Å². The van der Waals surface area contributed by atoms with Crippen molar-refractivity contribution in [3.05, 3.63) is 69.9 Å². The Morgan fingerprint density at radius 3 is 2.70 bits per heavy atom. The normalized spacial score (nSPS) is 15.4. The predicted molar refractivity (Wildman–Crippen MR) is 156 cm³/mol. The van der Waals surface area contributed by atoms with Crippen molar-refractivity contribution in [2.75, 3.05) is 44.5 Å². The molecule has 1 aliphatic rings. The first-order valence-electron chi connectivity index (χ1n) is 13.3. The Morgan fingerprint density at radius 2 is 2.02 bits per heavy atom. The number of nitrogens with zero attached hydrogens (tertiary/aromatic N) is 8. The Bertz CT molecular complexity index is 1670. The van der Waals surface area contributed by atoms with Crippen LogP contribution < -0.4 is 26.1 Å². The summed E-state index contributed by atoms with van der Waals surface area (Å²) in [5.41, 5.74) is 1.64. The molecule has 0 bridgehead atoms. The second-order valence-corrected chi connectivity index (χ2v) is 10.4. The lowest BCUT2D eigenvalue weighted by Gasteiger charge is -2.23. The van der Waals surface area contributed by atoms with E-state index >= 15 is 0 Å². The molecule has 12 nitrogen and oxygen atoms in total. The number of fused-ring (bicyclic) bond motifs is 1. The van der Waals surface area contributed by atoms with Gasteiger partial charge in [0.05, 0.1) is 25.4 Å². The molecule has 1 fully saturated rings. The van der Waals surface area contributed by atoms with Gasteiger partial charge in [-0.2, -0.15) is 4.98 Å². The Morgan fingerprint density at radius 1 is 1.23 bits per heavy atom. The van der Waals surface area contributed by atoms with Crippen molar-refractivity contribution in [1.82, 2.24) is 34.0 Å². The largest absolute Gasteiger partial charge is 0.495 e. The van der Waals surface area contributed by atoms with Crippen LogP contribution in [0.4, 0.5) is 17.3 Å². The lowest BCUT2D eigenvalue weighted by atomic mass is 10.2. The van der Waals surface area contributed by atoms with E-state index in [-0.39, 0.29) is 23.7 Å². The third-order valence-electron chi connectivity index (χ3n) is 7.16. The highest BCUT2D eigenvalue weighted by atomic mass is 16.5. The van der Waals surface area contributed by atoms with Crippen molar-refractivity contribution < 1.29 is 4.74 Å². The number of hydrogen-bond acceptors (Lipinski definition) is 9. The number of rotatable bonds is 9. The van der Waals surface area contributed by atoms with Gasteiger partial charge in [0, 0.05) is 43.1 Å². The molecule has 0 amide bonds. The van der Waals surface area contributed by atoms with Crippen LogP contribution in [0.2, 0.25) is 0 Å². The van der Waals surface area contributed by atoms with Gasteiger partial charge in [-0.25, -0.2) is 19.0 Å². The smallest absolute Gasteiger partial charge is 0.278 e. The average Bonchev–Trinajstić information content (AvgIpc) is 3.53. The Labute approximate surface area is 232 Å². The molecular weight excluding hydrogens is 510 g/mol. The van der Waals surface area contributed by atoms with Gasteiger partial charge in [0.25, 0.3) is 11.1 Å². The predicted octanol–water partition coefficient (Wildman–Crippen LogP) is 2.80. The van der Waals surface area contributed by atoms with Crippen LogP contribution in [0.25, 0.3) is 16.9 Å². The number of methoxy groups -OCH3 is 1. The summed E-state index contributed by atoms with van der Waals surface area (Å²) in [6.45, 7) is 9.65. The highest BCUT2D eigenvalue weighted by Gasteiger charge is 2.26. The van der Waals surface area contributed by atoms with Crippen LogP contribution in [0.1, 0.15) is 26.3 Å². The van der Waals surface area contributed by atoms with E-state index in [0.29, 0.717) is 28.8 Å². The van der Waals surface area contributed by atoms with Crippen molar-refractivity contribution >= 4 is 28.4 Å². The number of hydrogen-bond donors (Lipinski definition) is 1. The molecule has 1 aromatic carbocycles. The fourth-order valence-electron chi connectivity index (χ4n) is 5.03. The fraction of sp³-hybridized carbons (Fsp3) is 0.393. The fourth-order valence-corrected chi connectivity index (χ4v) is 5.03. The average molecular weight is 546 g/mol. The highest BCUT2D eigenvalue weighted by molar-refractivity contribution is 5.77. The van der Waals surface area contributed by atoms with Crippen LogP contribution in [0.5, 0.6) is 5.75 Å². The highest BCUT2D eigenvalue weighted by Crippen LogP contribution is 2.34. The van der Waals surface area contributed by atoms with Gasteiger partial charge in [0.15, 0.2) is 11.5 Å². The van der Waals surface area contributed by atoms with Crippen LogP contribution in [-0.2, 0) is 6.54 Å². The third-order valence-corrected chi connectivity index (χ3v) is 7.16. The second kappa shape index (κ2) is 11.0. The number of ether oxygens (including phenoxy) is 1. The Hall–Kier alpha value is -4.45. The summed E-state index contributed by atoms with van der Waals surface area (Å²) in [6, 6.07) is 9.28. The minimum Gasteiger partial charge on any atom is -0.495 e. The van der Waals surface area contributed by atoms with E-state index in [4.69, 9.17) is 9.72 Å². The van der Waals surface area contributed by atoms with E-state index in [9.17, 15) is 9.59 Å². The molecule has 1 N–H and O–H groups in total. The second-order valence-electron chi connectivity index (χ2n) is 10.4. The first-order valence-corrected chi connectivity index (χ1v) is 13.3. The molecule has 0 saturated carbocycles. The zero-order valence-electron chi connectivity index (χ0n) is 23.5. The van der Waals surface area contributed by atoms with Gasteiger partial charge in [-0.3, -0.25) is 9.59 Å². The zero-order chi connectivity index (χ0) is 28.6. The van der Waals surface area contributed by atoms with Crippen LogP contribution in [-0.4, -0.2) is 74.3 Å². The standard InChI is InChI=1S/C28H35N9O3/c1-7-13-35-27(39)21-16-29-28(31-26(21)37(35)24-10-11-25(38)36(32-24)18(2)3)30-19-8-9-22(23(15-19)40-6)34-14-12-20(17-34)33(4)5/h7-11,15-16,18,20H,1,12-14,17H2,2-6H3,(H,29,30,31). The lowest BCUT2D eigenvalue weighted by molar-refractivity contribution is 0.315. The van der Waals surface area contributed by atoms with Crippen LogP contribution in [0.15, 0.2) is 58.8 Å². The van der Waals surface area contributed by atoms with Crippen molar-refractivity contribution in [2.24, 2.45) is 0 Å². The van der Waals surface area contributed by atoms with E-state index in [0.717, 1.165) is 36.6 Å². The molecule has 40 heavy (non-hydrogen) atoms. The number of benzene rings is 1. The molecule has 5 rings (SSSR count). The van der Waals surface area contributed by atoms with E-state index in [1.807, 2.05) is 32.0 Å². The topological polar surface area (TPSA) is 115 Å². The van der Waals surface area contributed by atoms with Crippen LogP contribution >= 0.6 is 0 Å². The Balaban J connectivity index is 1.53. The summed E-state index contributed by atoms with van der Waals surface area (Å²) in [5.74, 6) is 1.44. The summed E-state index contributed by atoms with van der Waals surface area (Å²) >= 11 is 0. The molecule has 1 saturated heterocycles. The first-order chi connectivity index (χ1) is 19.2. The summed E-state index contributed by atoms with van der Waals surface area (Å²) in [6.07, 6.45) is 4.22. The summed E-state index contributed by atoms with van der Waals surface area (Å²) < 4.78 is 10.2. The molecule has 1 atom stereocenters. The van der Waals surface area contributed by atoms with Gasteiger partial charge >= 0.3 is 0 Å². The summed E-state index contributed by atoms with van der Waals surface area (Å²) in [4.78, 5) is 39.3. The quantitative estimate of drug-likeness (QED) is 0.317. The number of allylic oxidation sites excluding steroid dienone is 1. The van der Waals surface area contributed by atoms with Crippen molar-refractivity contribution in [2.45, 2.75) is 38.9 Å². The first kappa shape index (κ1) is 27.1. The molecule has 4 aromatic rings. The van der Waals surface area contributed by atoms with Crippen LogP contribution in [0, 0.1) is 0 Å². The maximum Gasteiger partial charge on any atom is 0.278 e. The lowest BCUT2D eigenvalue weighted by Crippen LogP contribution is -2.31. The Kier molecular flexibility index (Phi) is 7.44. The van der Waals surface area contributed by atoms with Gasteiger partial charge in [0.1, 0.15) is 11.1 Å². The number of nitrogens with one attached hydrogen (secondary N) is 1. The molecule has 0 radical (unpaired) electrons. The molecule has 1 unspecified atom stereocenters.